The molecule has 0 heterocycles. The quantitative estimate of drug-likeness (QED) is 0.831. The number of rotatable bonds is 2. The fourth-order valence-electron chi connectivity index (χ4n) is 1.63. The zero-order valence-corrected chi connectivity index (χ0v) is 10.3. The van der Waals surface area contributed by atoms with Crippen LogP contribution in [0.5, 0.6) is 5.75 Å². The molecule has 1 aromatic rings. The number of carbonyl (C=O) groups is 1. The molecule has 1 saturated carbocycles. The Bertz CT molecular complexity index is 392. The van der Waals surface area contributed by atoms with Crippen molar-refractivity contribution in [1.29, 1.82) is 0 Å². The summed E-state index contributed by atoms with van der Waals surface area (Å²) in [6, 6.07) is 5.38. The van der Waals surface area contributed by atoms with Gasteiger partial charge in [0.25, 0.3) is 0 Å². The Hall–Kier alpha value is -0.540. The minimum absolute atomic E-state index is 0.0231. The number of ketones is 1. The predicted molar refractivity (Wildman–Crippen MR) is 62.4 cm³/mol. The van der Waals surface area contributed by atoms with E-state index in [2.05, 4.69) is 15.9 Å². The Labute approximate surface area is 102 Å². The minimum atomic E-state index is 0.0231. The third-order valence-electron chi connectivity index (χ3n) is 2.39. The fourth-order valence-corrected chi connectivity index (χ4v) is 2.41. The minimum Gasteiger partial charge on any atom is -0.489 e. The van der Waals surface area contributed by atoms with Gasteiger partial charge in [0.1, 0.15) is 17.6 Å². The Balaban J connectivity index is 2.07. The molecule has 0 N–H and O–H groups in total. The number of Topliss-reactive ketones (excluding diaryl/α,β-unsaturated/α-hetero) is 1. The molecule has 1 aliphatic rings. The summed E-state index contributed by atoms with van der Waals surface area (Å²) >= 11 is 9.19. The fraction of sp³-hybridized carbons (Fsp3) is 0.364. The molecule has 1 aromatic carbocycles. The second kappa shape index (κ2) is 4.54. The highest BCUT2D eigenvalue weighted by atomic mass is 79.9. The molecule has 2 rings (SSSR count). The van der Waals surface area contributed by atoms with Crippen LogP contribution in [-0.2, 0) is 4.79 Å². The van der Waals surface area contributed by atoms with Crippen molar-refractivity contribution < 1.29 is 9.53 Å². The molecule has 4 heteroatoms. The topological polar surface area (TPSA) is 26.3 Å². The maximum absolute atomic E-state index is 11.1. The highest BCUT2D eigenvalue weighted by Crippen LogP contribution is 2.31. The Kier molecular flexibility index (Phi) is 3.32. The van der Waals surface area contributed by atoms with E-state index in [0.717, 1.165) is 16.6 Å². The van der Waals surface area contributed by atoms with E-state index >= 15 is 0 Å². The van der Waals surface area contributed by atoms with E-state index in [0.29, 0.717) is 17.9 Å². The standard InChI is InChI=1S/C11H10BrClO2/c12-10-5-7(13)1-4-11(10)15-9-3-2-8(14)6-9/h1,4-5,9H,2-3,6H2. The van der Waals surface area contributed by atoms with Crippen LogP contribution in [0.4, 0.5) is 0 Å². The summed E-state index contributed by atoms with van der Waals surface area (Å²) in [4.78, 5) is 11.1. The van der Waals surface area contributed by atoms with Crippen molar-refractivity contribution in [1.82, 2.24) is 0 Å². The summed E-state index contributed by atoms with van der Waals surface area (Å²) in [7, 11) is 0. The first-order valence-corrected chi connectivity index (χ1v) is 5.95. The normalized spacial score (nSPS) is 20.7. The van der Waals surface area contributed by atoms with Gasteiger partial charge in [-0.1, -0.05) is 11.6 Å². The highest BCUT2D eigenvalue weighted by Gasteiger charge is 2.24. The average Bonchev–Trinajstić information content (AvgIpc) is 2.56. The SMILES string of the molecule is O=C1CCC(Oc2ccc(Cl)cc2Br)C1. The number of hydrogen-bond acceptors (Lipinski definition) is 2. The number of ether oxygens (including phenoxy) is 1. The zero-order chi connectivity index (χ0) is 10.8. The molecule has 1 unspecified atom stereocenters. The third kappa shape index (κ3) is 2.73. The van der Waals surface area contributed by atoms with E-state index in [4.69, 9.17) is 16.3 Å². The Morgan fingerprint density at radius 1 is 1.47 bits per heavy atom. The monoisotopic (exact) mass is 288 g/mol. The van der Waals surface area contributed by atoms with Gasteiger partial charge in [-0.2, -0.15) is 0 Å². The van der Waals surface area contributed by atoms with E-state index in [9.17, 15) is 4.79 Å². The van der Waals surface area contributed by atoms with Crippen LogP contribution in [-0.4, -0.2) is 11.9 Å². The van der Waals surface area contributed by atoms with Gasteiger partial charge >= 0.3 is 0 Å². The molecule has 1 fully saturated rings. The van der Waals surface area contributed by atoms with E-state index < -0.39 is 0 Å². The summed E-state index contributed by atoms with van der Waals surface area (Å²) in [5.41, 5.74) is 0. The first-order chi connectivity index (χ1) is 7.15. The first kappa shape index (κ1) is 11.0. The molecule has 0 radical (unpaired) electrons. The second-order valence-corrected chi connectivity index (χ2v) is 4.89. The molecule has 15 heavy (non-hydrogen) atoms. The molecule has 2 nitrogen and oxygen atoms in total. The van der Waals surface area contributed by atoms with E-state index in [1.165, 1.54) is 0 Å². The molecule has 1 aliphatic carbocycles. The van der Waals surface area contributed by atoms with Crippen LogP contribution in [0.15, 0.2) is 22.7 Å². The lowest BCUT2D eigenvalue weighted by Crippen LogP contribution is -2.12. The van der Waals surface area contributed by atoms with Crippen LogP contribution in [0.25, 0.3) is 0 Å². The molecule has 80 valence electrons. The maximum Gasteiger partial charge on any atom is 0.136 e. The van der Waals surface area contributed by atoms with Gasteiger partial charge in [0.2, 0.25) is 0 Å². The Morgan fingerprint density at radius 2 is 2.27 bits per heavy atom. The maximum atomic E-state index is 11.1. The molecule has 0 bridgehead atoms. The van der Waals surface area contributed by atoms with Gasteiger partial charge in [0, 0.05) is 17.9 Å². The molecular weight excluding hydrogens is 279 g/mol. The van der Waals surface area contributed by atoms with E-state index in [1.807, 2.05) is 6.07 Å². The van der Waals surface area contributed by atoms with Gasteiger partial charge < -0.3 is 4.74 Å². The summed E-state index contributed by atoms with van der Waals surface area (Å²) < 4.78 is 6.53. The van der Waals surface area contributed by atoms with Gasteiger partial charge in [0.15, 0.2) is 0 Å². The lowest BCUT2D eigenvalue weighted by Gasteiger charge is -2.13. The van der Waals surface area contributed by atoms with Crippen molar-refractivity contribution >= 4 is 33.3 Å². The van der Waals surface area contributed by atoms with E-state index in [-0.39, 0.29) is 11.9 Å². The number of carbonyl (C=O) groups excluding carboxylic acids is 1. The molecule has 0 saturated heterocycles. The van der Waals surface area contributed by atoms with Crippen LogP contribution in [0.1, 0.15) is 19.3 Å². The van der Waals surface area contributed by atoms with Crippen LogP contribution >= 0.6 is 27.5 Å². The largest absolute Gasteiger partial charge is 0.489 e. The predicted octanol–water partition coefficient (Wildman–Crippen LogP) is 3.60. The van der Waals surface area contributed by atoms with Gasteiger partial charge in [-0.3, -0.25) is 4.79 Å². The van der Waals surface area contributed by atoms with Gasteiger partial charge in [-0.15, -0.1) is 0 Å². The van der Waals surface area contributed by atoms with Crippen molar-refractivity contribution in [3.8, 4) is 5.75 Å². The Morgan fingerprint density at radius 3 is 2.87 bits per heavy atom. The molecule has 0 aromatic heterocycles. The van der Waals surface area contributed by atoms with Crippen LogP contribution in [0.3, 0.4) is 0 Å². The zero-order valence-electron chi connectivity index (χ0n) is 8.00. The summed E-state index contributed by atoms with van der Waals surface area (Å²) in [5.74, 6) is 1.03. The first-order valence-electron chi connectivity index (χ1n) is 4.78. The molecule has 1 atom stereocenters. The van der Waals surface area contributed by atoms with Gasteiger partial charge in [0.05, 0.1) is 4.47 Å². The molecule has 0 spiro atoms. The van der Waals surface area contributed by atoms with Crippen LogP contribution in [0.2, 0.25) is 5.02 Å². The average molecular weight is 290 g/mol. The molecule has 0 aliphatic heterocycles. The van der Waals surface area contributed by atoms with Crippen molar-refractivity contribution in [2.45, 2.75) is 25.4 Å². The second-order valence-electron chi connectivity index (χ2n) is 3.60. The van der Waals surface area contributed by atoms with Gasteiger partial charge in [-0.25, -0.2) is 0 Å². The van der Waals surface area contributed by atoms with Crippen LogP contribution in [0, 0.1) is 0 Å². The summed E-state index contributed by atoms with van der Waals surface area (Å²) in [6.45, 7) is 0. The van der Waals surface area contributed by atoms with Crippen molar-refractivity contribution in [3.05, 3.63) is 27.7 Å². The van der Waals surface area contributed by atoms with Crippen molar-refractivity contribution in [2.75, 3.05) is 0 Å². The lowest BCUT2D eigenvalue weighted by molar-refractivity contribution is -0.117. The molecular formula is C11H10BrClO2. The smallest absolute Gasteiger partial charge is 0.136 e. The number of halogens is 2. The third-order valence-corrected chi connectivity index (χ3v) is 3.24. The number of hydrogen-bond donors (Lipinski definition) is 0. The van der Waals surface area contributed by atoms with Crippen LogP contribution < -0.4 is 4.74 Å². The lowest BCUT2D eigenvalue weighted by atomic mass is 10.3. The summed E-state index contributed by atoms with van der Waals surface area (Å²) in [6.07, 6.45) is 1.99. The van der Waals surface area contributed by atoms with Crippen molar-refractivity contribution in [2.24, 2.45) is 0 Å². The van der Waals surface area contributed by atoms with Crippen molar-refractivity contribution in [3.63, 3.8) is 0 Å². The van der Waals surface area contributed by atoms with Gasteiger partial charge in [-0.05, 0) is 40.5 Å². The summed E-state index contributed by atoms with van der Waals surface area (Å²) in [5, 5.41) is 0.664. The molecule has 0 amide bonds. The highest BCUT2D eigenvalue weighted by molar-refractivity contribution is 9.10. The van der Waals surface area contributed by atoms with E-state index in [1.54, 1.807) is 12.1 Å². The number of benzene rings is 1.